The number of aryl methyl sites for hydroxylation is 1. The molecule has 4 rings (SSSR count). The van der Waals surface area contributed by atoms with Crippen molar-refractivity contribution in [2.75, 3.05) is 5.75 Å². The summed E-state index contributed by atoms with van der Waals surface area (Å²) in [5.74, 6) is 0.926. The highest BCUT2D eigenvalue weighted by Gasteiger charge is 2.24. The van der Waals surface area contributed by atoms with Crippen molar-refractivity contribution in [2.45, 2.75) is 63.0 Å². The molecule has 0 spiro atoms. The lowest BCUT2D eigenvalue weighted by Gasteiger charge is -2.21. The van der Waals surface area contributed by atoms with Crippen molar-refractivity contribution >= 4 is 28.6 Å². The summed E-state index contributed by atoms with van der Waals surface area (Å²) in [5, 5.41) is 2.00. The molecule has 0 radical (unpaired) electrons. The van der Waals surface area contributed by atoms with E-state index in [4.69, 9.17) is 0 Å². The Morgan fingerprint density at radius 3 is 2.70 bits per heavy atom. The van der Waals surface area contributed by atoms with Crippen LogP contribution in [0, 0.1) is 0 Å². The number of thioether (sulfide) groups is 1. The summed E-state index contributed by atoms with van der Waals surface area (Å²) < 4.78 is 2.06. The first-order valence-corrected chi connectivity index (χ1v) is 10.2. The van der Waals surface area contributed by atoms with Gasteiger partial charge in [-0.05, 0) is 50.2 Å². The molecule has 2 aliphatic rings. The number of fused-ring (bicyclic) bond motifs is 3. The van der Waals surface area contributed by atoms with Crippen LogP contribution in [0.5, 0.6) is 0 Å². The van der Waals surface area contributed by atoms with Gasteiger partial charge in [0.2, 0.25) is 5.91 Å². The summed E-state index contributed by atoms with van der Waals surface area (Å²) in [6.45, 7) is 0. The molecule has 0 atom stereocenters. The maximum absolute atomic E-state index is 13.0. The van der Waals surface area contributed by atoms with Crippen LogP contribution < -0.4 is 0 Å². The summed E-state index contributed by atoms with van der Waals surface area (Å²) in [6.07, 6.45) is 11.3. The van der Waals surface area contributed by atoms with Crippen LogP contribution >= 0.6 is 11.8 Å². The molecule has 0 N–H and O–H groups in total. The van der Waals surface area contributed by atoms with E-state index in [0.717, 1.165) is 18.4 Å². The predicted octanol–water partition coefficient (Wildman–Crippen LogP) is 5.23. The fourth-order valence-corrected chi connectivity index (χ4v) is 5.44. The van der Waals surface area contributed by atoms with Crippen molar-refractivity contribution in [3.8, 4) is 0 Å². The molecule has 1 heterocycles. The normalized spacial score (nSPS) is 19.0. The molecule has 2 aliphatic carbocycles. The van der Waals surface area contributed by atoms with E-state index in [1.807, 2.05) is 11.8 Å². The van der Waals surface area contributed by atoms with E-state index in [0.29, 0.717) is 16.9 Å². The Labute approximate surface area is 142 Å². The minimum atomic E-state index is 0.292. The number of hydrogen-bond acceptors (Lipinski definition) is 2. The minimum Gasteiger partial charge on any atom is -0.283 e. The molecule has 0 amide bonds. The van der Waals surface area contributed by atoms with Crippen LogP contribution in [0.1, 0.15) is 61.0 Å². The molecule has 1 aromatic heterocycles. The van der Waals surface area contributed by atoms with E-state index < -0.39 is 0 Å². The van der Waals surface area contributed by atoms with Gasteiger partial charge in [0.25, 0.3) is 0 Å². The van der Waals surface area contributed by atoms with Crippen LogP contribution in [-0.4, -0.2) is 21.5 Å². The summed E-state index contributed by atoms with van der Waals surface area (Å²) in [7, 11) is 0. The SMILES string of the molecule is O=C(CSC1CCCCC1)n1c2c(c3ccccc31)CCCC2. The van der Waals surface area contributed by atoms with Gasteiger partial charge in [0.1, 0.15) is 0 Å². The summed E-state index contributed by atoms with van der Waals surface area (Å²) in [4.78, 5) is 13.0. The third-order valence-electron chi connectivity index (χ3n) is 5.42. The standard InChI is InChI=1S/C20H25NOS/c22-20(14-23-15-8-2-1-3-9-15)21-18-12-6-4-10-16(18)17-11-5-7-13-19(17)21/h4,6,10,12,15H,1-3,5,7-9,11,13-14H2. The first-order chi connectivity index (χ1) is 11.3. The van der Waals surface area contributed by atoms with Gasteiger partial charge in [-0.15, -0.1) is 11.8 Å². The van der Waals surface area contributed by atoms with E-state index in [-0.39, 0.29) is 0 Å². The van der Waals surface area contributed by atoms with Crippen molar-refractivity contribution in [3.05, 3.63) is 35.5 Å². The molecule has 23 heavy (non-hydrogen) atoms. The fourth-order valence-electron chi connectivity index (χ4n) is 4.27. The quantitative estimate of drug-likeness (QED) is 0.770. The van der Waals surface area contributed by atoms with Gasteiger partial charge in [0.05, 0.1) is 11.3 Å². The smallest absolute Gasteiger partial charge is 0.241 e. The van der Waals surface area contributed by atoms with Gasteiger partial charge in [-0.3, -0.25) is 9.36 Å². The molecule has 1 fully saturated rings. The lowest BCUT2D eigenvalue weighted by Crippen LogP contribution is -2.20. The first-order valence-electron chi connectivity index (χ1n) is 9.10. The number of nitrogens with zero attached hydrogens (tertiary/aromatic N) is 1. The van der Waals surface area contributed by atoms with Crippen LogP contribution in [0.3, 0.4) is 0 Å². The number of carbonyl (C=O) groups is 1. The van der Waals surface area contributed by atoms with Gasteiger partial charge >= 0.3 is 0 Å². The maximum atomic E-state index is 13.0. The highest BCUT2D eigenvalue weighted by molar-refractivity contribution is 8.00. The Hall–Kier alpha value is -1.22. The molecular weight excluding hydrogens is 302 g/mol. The zero-order valence-electron chi connectivity index (χ0n) is 13.7. The minimum absolute atomic E-state index is 0.292. The van der Waals surface area contributed by atoms with Crippen LogP contribution in [0.15, 0.2) is 24.3 Å². The zero-order valence-corrected chi connectivity index (χ0v) is 14.5. The summed E-state index contributed by atoms with van der Waals surface area (Å²) >= 11 is 1.89. The van der Waals surface area contributed by atoms with Crippen molar-refractivity contribution < 1.29 is 4.79 Å². The largest absolute Gasteiger partial charge is 0.283 e. The van der Waals surface area contributed by atoms with E-state index in [1.165, 1.54) is 61.6 Å². The van der Waals surface area contributed by atoms with Crippen molar-refractivity contribution in [1.82, 2.24) is 4.57 Å². The molecule has 1 aromatic carbocycles. The number of hydrogen-bond donors (Lipinski definition) is 0. The molecule has 1 saturated carbocycles. The molecule has 0 saturated heterocycles. The van der Waals surface area contributed by atoms with Crippen LogP contribution in [0.25, 0.3) is 10.9 Å². The second-order valence-electron chi connectivity index (χ2n) is 6.95. The van der Waals surface area contributed by atoms with Gasteiger partial charge in [-0.25, -0.2) is 0 Å². The van der Waals surface area contributed by atoms with Gasteiger partial charge < -0.3 is 0 Å². The Morgan fingerprint density at radius 2 is 1.83 bits per heavy atom. The van der Waals surface area contributed by atoms with Gasteiger partial charge in [-0.1, -0.05) is 37.5 Å². The van der Waals surface area contributed by atoms with E-state index in [1.54, 1.807) is 0 Å². The highest BCUT2D eigenvalue weighted by Crippen LogP contribution is 2.33. The number of aromatic nitrogens is 1. The molecule has 0 bridgehead atoms. The van der Waals surface area contributed by atoms with Crippen LogP contribution in [0.4, 0.5) is 0 Å². The second kappa shape index (κ2) is 6.72. The van der Waals surface area contributed by atoms with E-state index in [9.17, 15) is 4.79 Å². The summed E-state index contributed by atoms with van der Waals surface area (Å²) in [6, 6.07) is 8.48. The van der Waals surface area contributed by atoms with Crippen molar-refractivity contribution in [2.24, 2.45) is 0 Å². The maximum Gasteiger partial charge on any atom is 0.241 e. The average Bonchev–Trinajstić information content (AvgIpc) is 2.95. The Balaban J connectivity index is 1.61. The molecule has 0 aliphatic heterocycles. The van der Waals surface area contributed by atoms with Gasteiger partial charge in [0.15, 0.2) is 0 Å². The molecule has 2 nitrogen and oxygen atoms in total. The highest BCUT2D eigenvalue weighted by atomic mass is 32.2. The Bertz CT molecular complexity index is 712. The molecule has 122 valence electrons. The molecule has 2 aromatic rings. The lowest BCUT2D eigenvalue weighted by atomic mass is 9.96. The second-order valence-corrected chi connectivity index (χ2v) is 8.24. The molecule has 3 heteroatoms. The number of para-hydroxylation sites is 1. The number of rotatable bonds is 3. The average molecular weight is 327 g/mol. The topological polar surface area (TPSA) is 22.0 Å². The van der Waals surface area contributed by atoms with Crippen LogP contribution in [-0.2, 0) is 12.8 Å². The van der Waals surface area contributed by atoms with Gasteiger partial charge in [-0.2, -0.15) is 0 Å². The van der Waals surface area contributed by atoms with Gasteiger partial charge in [0, 0.05) is 16.3 Å². The number of carbonyl (C=O) groups excluding carboxylic acids is 1. The Morgan fingerprint density at radius 1 is 1.04 bits per heavy atom. The molecular formula is C20H25NOS. The van der Waals surface area contributed by atoms with E-state index >= 15 is 0 Å². The Kier molecular flexibility index (Phi) is 4.48. The third kappa shape index (κ3) is 2.96. The summed E-state index contributed by atoms with van der Waals surface area (Å²) in [5.41, 5.74) is 3.86. The number of benzene rings is 1. The first kappa shape index (κ1) is 15.3. The molecule has 0 unspecified atom stereocenters. The van der Waals surface area contributed by atoms with E-state index in [2.05, 4.69) is 28.8 Å². The van der Waals surface area contributed by atoms with Crippen molar-refractivity contribution in [1.29, 1.82) is 0 Å². The van der Waals surface area contributed by atoms with Crippen LogP contribution in [0.2, 0.25) is 0 Å². The van der Waals surface area contributed by atoms with Crippen molar-refractivity contribution in [3.63, 3.8) is 0 Å². The third-order valence-corrected chi connectivity index (χ3v) is 6.78. The lowest BCUT2D eigenvalue weighted by molar-refractivity contribution is 0.0943. The predicted molar refractivity (Wildman–Crippen MR) is 98.5 cm³/mol. The monoisotopic (exact) mass is 327 g/mol. The fraction of sp³-hybridized carbons (Fsp3) is 0.550. The zero-order chi connectivity index (χ0) is 15.6.